The summed E-state index contributed by atoms with van der Waals surface area (Å²) in [6.45, 7) is 18.7. The highest BCUT2D eigenvalue weighted by molar-refractivity contribution is 9.10. The number of aryl methyl sites for hydroxylation is 1. The Balaban J connectivity index is 0.000000234. The standard InChI is InChI=1S/C27H35F2NO4.C27H33F2NO4.C22H26BrF2NO2.C7H12O2/c2*1-27(2,15-19-11-20-8-4-5-9-21(20)12-19)30-16-22(31)17-34-24-14-18(13-23(28)26(24)29)7-3-6-10-25(32)33;1-22(2,11-14-7-15-5-3-4-6-16(15)8-14)26-12-18(27)13-28-20-10-17(23)9-19(24)21(20)25;1-3-5-6-7(8)9-4-2/h4-5,8-9,13-14,19,22,30-31H,3,6-7,10-12,15-17H2,1-2H3,(H,32,33);3-5,7-9,13-14,19,22,30-31H,6,10-12,15-17H2,1-2H3,(H,32,33);3-6,9-10,14,18,26-27H,7-8,11-13H2,1-2H3;3H,1,4-6H2,2H3/b;7-3+;;/t2*22-;18-;/m111./s1. The number of hydrogen-bond donors (Lipinski definition) is 8. The third-order valence-corrected chi connectivity index (χ3v) is 18.8. The number of unbranched alkanes of at least 4 members (excludes halogenated alkanes) is 1. The van der Waals surface area contributed by atoms with Gasteiger partial charge in [-0.15, -0.1) is 6.58 Å². The fraction of sp³-hybridized carbons (Fsp3) is 0.482. The molecule has 0 saturated heterocycles. The van der Waals surface area contributed by atoms with E-state index >= 15 is 0 Å². The van der Waals surface area contributed by atoms with Crippen molar-refractivity contribution >= 4 is 39.9 Å². The second-order valence-corrected chi connectivity index (χ2v) is 30.3. The molecular weight excluding hydrogens is 1420 g/mol. The molecule has 0 heterocycles. The van der Waals surface area contributed by atoms with Crippen LogP contribution < -0.4 is 30.2 Å². The minimum atomic E-state index is -1.12. The Hall–Kier alpha value is -7.57. The molecule has 3 aliphatic rings. The summed E-state index contributed by atoms with van der Waals surface area (Å²) in [5, 5.41) is 58.4. The van der Waals surface area contributed by atoms with Gasteiger partial charge < -0.3 is 60.4 Å². The van der Waals surface area contributed by atoms with E-state index in [4.69, 9.17) is 24.4 Å². The highest BCUT2D eigenvalue weighted by Crippen LogP contribution is 2.36. The Morgan fingerprint density at radius 1 is 0.524 bits per heavy atom. The molecule has 105 heavy (non-hydrogen) atoms. The smallest absolute Gasteiger partial charge is 0.306 e. The third kappa shape index (κ3) is 31.0. The van der Waals surface area contributed by atoms with Crippen molar-refractivity contribution in [1.29, 1.82) is 0 Å². The number of fused-ring (bicyclic) bond motifs is 3. The summed E-state index contributed by atoms with van der Waals surface area (Å²) in [4.78, 5) is 31.7. The summed E-state index contributed by atoms with van der Waals surface area (Å²) in [6, 6.07) is 32.8. The van der Waals surface area contributed by atoms with Crippen LogP contribution in [0.25, 0.3) is 6.08 Å². The van der Waals surface area contributed by atoms with E-state index in [-0.39, 0.29) is 92.0 Å². The molecule has 8 N–H and O–H groups in total. The largest absolute Gasteiger partial charge is 0.488 e. The number of hydrogen-bond acceptors (Lipinski definition) is 13. The average molecular weight is 1530 g/mol. The molecule has 0 radical (unpaired) electrons. The van der Waals surface area contributed by atoms with Gasteiger partial charge in [-0.05, 0) is 237 Å². The number of nitrogens with one attached hydrogen (secondary N) is 3. The van der Waals surface area contributed by atoms with Gasteiger partial charge in [0.2, 0.25) is 17.5 Å². The van der Waals surface area contributed by atoms with Crippen molar-refractivity contribution in [2.24, 2.45) is 17.8 Å². The van der Waals surface area contributed by atoms with Crippen LogP contribution in [0.15, 0.2) is 132 Å². The summed E-state index contributed by atoms with van der Waals surface area (Å²) in [5.74, 6) is -7.38. The maximum Gasteiger partial charge on any atom is 0.306 e. The lowest BCUT2D eigenvalue weighted by molar-refractivity contribution is -0.143. The monoisotopic (exact) mass is 1530 g/mol. The number of aliphatic hydroxyl groups is 3. The maximum absolute atomic E-state index is 14.2. The lowest BCUT2D eigenvalue weighted by Gasteiger charge is -2.30. The molecule has 0 amide bonds. The van der Waals surface area contributed by atoms with Crippen molar-refractivity contribution in [2.45, 2.75) is 193 Å². The van der Waals surface area contributed by atoms with Gasteiger partial charge >= 0.3 is 17.9 Å². The molecule has 0 aliphatic heterocycles. The van der Waals surface area contributed by atoms with E-state index in [0.29, 0.717) is 78.6 Å². The number of rotatable bonds is 37. The van der Waals surface area contributed by atoms with Crippen LogP contribution in [-0.4, -0.2) is 124 Å². The van der Waals surface area contributed by atoms with Crippen molar-refractivity contribution in [1.82, 2.24) is 16.0 Å². The number of carbonyl (C=O) groups excluding carboxylic acids is 1. The summed E-state index contributed by atoms with van der Waals surface area (Å²) >= 11 is 3.10. The van der Waals surface area contributed by atoms with Gasteiger partial charge in [-0.1, -0.05) is 107 Å². The molecule has 6 aromatic rings. The molecule has 22 heteroatoms. The molecule has 9 rings (SSSR count). The lowest BCUT2D eigenvalue weighted by Crippen LogP contribution is -2.46. The topological polar surface area (TPSA) is 225 Å². The second kappa shape index (κ2) is 42.7. The molecule has 0 saturated carbocycles. The number of aliphatic hydroxyl groups excluding tert-OH is 3. The molecule has 0 fully saturated rings. The van der Waals surface area contributed by atoms with Crippen LogP contribution in [0.1, 0.15) is 157 Å². The molecule has 3 aliphatic carbocycles. The third-order valence-electron chi connectivity index (χ3n) is 18.4. The van der Waals surface area contributed by atoms with Crippen molar-refractivity contribution in [3.8, 4) is 17.2 Å². The minimum absolute atomic E-state index is 0.0380. The van der Waals surface area contributed by atoms with Crippen LogP contribution in [0.2, 0.25) is 0 Å². The van der Waals surface area contributed by atoms with Gasteiger partial charge in [0, 0.05) is 60.0 Å². The number of halogens is 7. The van der Waals surface area contributed by atoms with Crippen molar-refractivity contribution in [2.75, 3.05) is 46.1 Å². The SMILES string of the molecule is C=CCCC(=O)OCC.CC(C)(CC1Cc2ccccc2C1)NC[C@@H](O)COc1cc(/C=C/CCC(=O)O)cc(F)c1F.CC(C)(CC1Cc2ccccc2C1)NC[C@@H](O)COc1cc(Br)cc(F)c1F.CC(C)(CC1Cc2ccccc2C1)NC[C@@H](O)COc1cc(CCCCC(=O)O)cc(F)c1F. The van der Waals surface area contributed by atoms with Crippen LogP contribution in [-0.2, 0) is 64.1 Å². The summed E-state index contributed by atoms with van der Waals surface area (Å²) < 4.78 is 104. The summed E-state index contributed by atoms with van der Waals surface area (Å²) in [5.41, 5.74) is 8.84. The zero-order chi connectivity index (χ0) is 76.9. The van der Waals surface area contributed by atoms with Crippen LogP contribution in [0.4, 0.5) is 26.3 Å². The van der Waals surface area contributed by atoms with Gasteiger partial charge in [0.1, 0.15) is 38.1 Å². The fourth-order valence-electron chi connectivity index (χ4n) is 13.5. The van der Waals surface area contributed by atoms with Gasteiger partial charge in [-0.3, -0.25) is 14.4 Å². The molecule has 0 spiro atoms. The Morgan fingerprint density at radius 3 is 1.28 bits per heavy atom. The molecule has 0 bridgehead atoms. The Bertz CT molecular complexity index is 3720. The zero-order valence-corrected chi connectivity index (χ0v) is 63.1. The number of benzene rings is 6. The number of aliphatic carboxylic acids is 2. The predicted molar refractivity (Wildman–Crippen MR) is 401 cm³/mol. The summed E-state index contributed by atoms with van der Waals surface area (Å²) in [6.07, 6.45) is 14.3. The zero-order valence-electron chi connectivity index (χ0n) is 61.5. The van der Waals surface area contributed by atoms with Gasteiger partial charge in [-0.2, -0.15) is 13.2 Å². The van der Waals surface area contributed by atoms with Crippen molar-refractivity contribution in [3.63, 3.8) is 0 Å². The molecule has 3 atom stereocenters. The molecule has 6 aromatic carbocycles. The van der Waals surface area contributed by atoms with Gasteiger partial charge in [0.15, 0.2) is 34.7 Å². The molecule has 574 valence electrons. The average Bonchev–Trinajstić information content (AvgIpc) is 1.84. The quantitative estimate of drug-likeness (QED) is 0.00597. The van der Waals surface area contributed by atoms with Crippen molar-refractivity contribution < 1.29 is 85.2 Å². The van der Waals surface area contributed by atoms with Crippen LogP contribution in [0, 0.1) is 52.7 Å². The molecule has 0 aromatic heterocycles. The highest BCUT2D eigenvalue weighted by atomic mass is 79.9. The molecule has 15 nitrogen and oxygen atoms in total. The molecular formula is C83H106BrF6N3O12. The Labute approximate surface area is 623 Å². The van der Waals surface area contributed by atoms with Crippen LogP contribution >= 0.6 is 15.9 Å². The van der Waals surface area contributed by atoms with E-state index in [1.54, 1.807) is 19.1 Å². The normalized spacial score (nSPS) is 14.5. The first-order valence-corrected chi connectivity index (χ1v) is 37.0. The number of β-amino-alcohol motifs (C(OH)–C–C–N with tert-alkyl or cyclic N) is 3. The first kappa shape index (κ1) is 86.4. The van der Waals surface area contributed by atoms with Gasteiger partial charge in [0.05, 0.1) is 6.61 Å². The number of carboxylic acid groups (broad SMARTS) is 2. The highest BCUT2D eigenvalue weighted by Gasteiger charge is 2.32. The van der Waals surface area contributed by atoms with E-state index in [1.165, 1.54) is 57.7 Å². The number of carboxylic acids is 2. The minimum Gasteiger partial charge on any atom is -0.488 e. The second-order valence-electron chi connectivity index (χ2n) is 29.4. The van der Waals surface area contributed by atoms with E-state index < -0.39 is 65.2 Å². The fourth-order valence-corrected chi connectivity index (χ4v) is 13.9. The number of esters is 1. The lowest BCUT2D eigenvalue weighted by atomic mass is 9.88. The van der Waals surface area contributed by atoms with Crippen LogP contribution in [0.3, 0.4) is 0 Å². The van der Waals surface area contributed by atoms with Gasteiger partial charge in [-0.25, -0.2) is 13.2 Å². The van der Waals surface area contributed by atoms with E-state index in [0.717, 1.165) is 76.0 Å². The first-order valence-electron chi connectivity index (χ1n) is 36.2. The number of carbonyl (C=O) groups is 3. The van der Waals surface area contributed by atoms with Gasteiger partial charge in [0.25, 0.3) is 0 Å². The number of allylic oxidation sites excluding steroid dienone is 2. The van der Waals surface area contributed by atoms with E-state index in [9.17, 15) is 56.0 Å². The summed E-state index contributed by atoms with van der Waals surface area (Å²) in [7, 11) is 0. The Morgan fingerprint density at radius 2 is 0.895 bits per heavy atom. The Kier molecular flexibility index (Phi) is 35.1. The number of ether oxygens (including phenoxy) is 4. The van der Waals surface area contributed by atoms with Crippen molar-refractivity contribution in [3.05, 3.63) is 212 Å². The first-order chi connectivity index (χ1) is 49.8. The van der Waals surface area contributed by atoms with E-state index in [1.807, 2.05) is 0 Å². The molecule has 0 unspecified atom stereocenters. The maximum atomic E-state index is 14.2. The predicted octanol–water partition coefficient (Wildman–Crippen LogP) is 15.6. The van der Waals surface area contributed by atoms with E-state index in [2.05, 4.69) is 158 Å². The van der Waals surface area contributed by atoms with Crippen LogP contribution in [0.5, 0.6) is 17.2 Å².